The molecule has 2 aromatic carbocycles. The Bertz CT molecular complexity index is 1460. The van der Waals surface area contributed by atoms with Crippen molar-refractivity contribution in [3.05, 3.63) is 93.7 Å². The summed E-state index contributed by atoms with van der Waals surface area (Å²) in [5, 5.41) is 0. The number of pyridine rings is 1. The summed E-state index contributed by atoms with van der Waals surface area (Å²) < 4.78 is 53.0. The van der Waals surface area contributed by atoms with Crippen molar-refractivity contribution < 1.29 is 27.4 Å². The monoisotopic (exact) mass is 533 g/mol. The molecule has 4 aliphatic rings. The molecule has 1 heterocycles. The summed E-state index contributed by atoms with van der Waals surface area (Å²) in [5.41, 5.74) is 5.22. The van der Waals surface area contributed by atoms with E-state index in [0.29, 0.717) is 24.0 Å². The van der Waals surface area contributed by atoms with Crippen LogP contribution in [-0.4, -0.2) is 17.6 Å². The normalized spacial score (nSPS) is 25.4. The van der Waals surface area contributed by atoms with Crippen LogP contribution in [0, 0.1) is 11.8 Å². The fourth-order valence-electron chi connectivity index (χ4n) is 7.56. The Labute approximate surface area is 225 Å². The minimum Gasteiger partial charge on any atom is -0.473 e. The highest BCUT2D eigenvalue weighted by atomic mass is 19.4. The van der Waals surface area contributed by atoms with Gasteiger partial charge in [0.15, 0.2) is 0 Å². The number of hydrogen-bond acceptors (Lipinski definition) is 4. The van der Waals surface area contributed by atoms with E-state index < -0.39 is 11.7 Å². The summed E-state index contributed by atoms with van der Waals surface area (Å²) in [4.78, 5) is 16.7. The van der Waals surface area contributed by atoms with Gasteiger partial charge >= 0.3 is 12.1 Å². The lowest BCUT2D eigenvalue weighted by atomic mass is 9.64. The average molecular weight is 534 g/mol. The molecular weight excluding hydrogens is 503 g/mol. The standard InChI is InChI=1S/C32H30F3NO3/c1-2-38-30(37)29-22-13-19-14-27(36-16-24(19)28(22)29)39-17-18-8-9-25-21(12-18)23(15-31(25)10-5-11-31)20-6-3-4-7-26(20)32(33,34)35/h3-4,6-9,12,14,16,22-23,28-29H,2,5,10-11,13,15,17H2,1H3/t22-,23?,28-,29+/m1/s1. The number of benzene rings is 2. The van der Waals surface area contributed by atoms with Crippen molar-refractivity contribution in [1.29, 1.82) is 0 Å². The van der Waals surface area contributed by atoms with Gasteiger partial charge in [0.2, 0.25) is 5.88 Å². The highest BCUT2D eigenvalue weighted by molar-refractivity contribution is 5.79. The molecule has 7 heteroatoms. The molecule has 39 heavy (non-hydrogen) atoms. The summed E-state index contributed by atoms with van der Waals surface area (Å²) in [5.74, 6) is 0.575. The molecule has 4 nitrogen and oxygen atoms in total. The first-order valence-corrected chi connectivity index (χ1v) is 13.9. The molecule has 1 aromatic heterocycles. The van der Waals surface area contributed by atoms with Crippen molar-refractivity contribution in [3.8, 4) is 5.88 Å². The Morgan fingerprint density at radius 2 is 1.90 bits per heavy atom. The Morgan fingerprint density at radius 1 is 1.08 bits per heavy atom. The number of alkyl halides is 3. The number of halogens is 3. The fraction of sp³-hybridized carbons (Fsp3) is 0.438. The largest absolute Gasteiger partial charge is 0.473 e. The molecule has 3 aromatic rings. The predicted octanol–water partition coefficient (Wildman–Crippen LogP) is 7.09. The zero-order valence-corrected chi connectivity index (χ0v) is 21.8. The van der Waals surface area contributed by atoms with Gasteiger partial charge < -0.3 is 9.47 Å². The lowest BCUT2D eigenvalue weighted by Gasteiger charge is -2.40. The second-order valence-electron chi connectivity index (χ2n) is 11.6. The molecule has 0 bridgehead atoms. The lowest BCUT2D eigenvalue weighted by molar-refractivity contribution is -0.145. The fourth-order valence-corrected chi connectivity index (χ4v) is 7.56. The number of carbonyl (C=O) groups excluding carboxylic acids is 1. The van der Waals surface area contributed by atoms with E-state index >= 15 is 0 Å². The third-order valence-electron chi connectivity index (χ3n) is 9.54. The number of fused-ring (bicyclic) bond motifs is 5. The molecule has 1 unspecified atom stereocenters. The summed E-state index contributed by atoms with van der Waals surface area (Å²) in [7, 11) is 0. The maximum atomic E-state index is 13.9. The van der Waals surface area contributed by atoms with E-state index in [1.54, 1.807) is 12.1 Å². The van der Waals surface area contributed by atoms with Gasteiger partial charge in [-0.25, -0.2) is 4.98 Å². The van der Waals surface area contributed by atoms with Crippen LogP contribution in [0.4, 0.5) is 13.2 Å². The molecule has 202 valence electrons. The minimum absolute atomic E-state index is 0.0120. The molecule has 0 amide bonds. The lowest BCUT2D eigenvalue weighted by Crippen LogP contribution is -2.31. The van der Waals surface area contributed by atoms with E-state index in [4.69, 9.17) is 9.47 Å². The molecule has 4 atom stereocenters. The van der Waals surface area contributed by atoms with Gasteiger partial charge in [-0.05, 0) is 83.4 Å². The molecule has 2 fully saturated rings. The number of ether oxygens (including phenoxy) is 2. The van der Waals surface area contributed by atoms with Gasteiger partial charge in [-0.15, -0.1) is 0 Å². The maximum Gasteiger partial charge on any atom is 0.416 e. The molecule has 0 aliphatic heterocycles. The van der Waals surface area contributed by atoms with Crippen LogP contribution in [0.2, 0.25) is 0 Å². The van der Waals surface area contributed by atoms with Gasteiger partial charge in [0.25, 0.3) is 0 Å². The minimum atomic E-state index is -4.39. The summed E-state index contributed by atoms with van der Waals surface area (Å²) in [6.45, 7) is 2.51. The molecule has 0 saturated heterocycles. The molecular formula is C32H30F3NO3. The van der Waals surface area contributed by atoms with Crippen LogP contribution in [0.5, 0.6) is 5.88 Å². The number of carbonyl (C=O) groups is 1. The number of nitrogens with zero attached hydrogens (tertiary/aromatic N) is 1. The van der Waals surface area contributed by atoms with Gasteiger partial charge in [-0.2, -0.15) is 13.2 Å². The average Bonchev–Trinajstić information content (AvgIpc) is 3.31. The van der Waals surface area contributed by atoms with Crippen molar-refractivity contribution in [2.24, 2.45) is 11.8 Å². The summed E-state index contributed by atoms with van der Waals surface area (Å²) in [6.07, 6.45) is 2.15. The number of hydrogen-bond donors (Lipinski definition) is 0. The van der Waals surface area contributed by atoms with Crippen LogP contribution < -0.4 is 4.74 Å². The zero-order valence-electron chi connectivity index (χ0n) is 21.8. The van der Waals surface area contributed by atoms with E-state index in [-0.39, 0.29) is 35.7 Å². The Morgan fingerprint density at radius 3 is 2.64 bits per heavy atom. The van der Waals surface area contributed by atoms with Crippen LogP contribution in [0.3, 0.4) is 0 Å². The van der Waals surface area contributed by atoms with Crippen molar-refractivity contribution in [2.75, 3.05) is 6.61 Å². The van der Waals surface area contributed by atoms with E-state index in [1.165, 1.54) is 23.3 Å². The van der Waals surface area contributed by atoms with Gasteiger partial charge in [-0.1, -0.05) is 42.8 Å². The highest BCUT2D eigenvalue weighted by Crippen LogP contribution is 2.62. The van der Waals surface area contributed by atoms with Gasteiger partial charge in [-0.3, -0.25) is 4.79 Å². The van der Waals surface area contributed by atoms with Crippen LogP contribution in [0.1, 0.15) is 83.4 Å². The Balaban J connectivity index is 1.12. The third-order valence-corrected chi connectivity index (χ3v) is 9.54. The topological polar surface area (TPSA) is 48.4 Å². The Hall–Kier alpha value is -3.35. The van der Waals surface area contributed by atoms with Crippen molar-refractivity contribution in [3.63, 3.8) is 0 Å². The molecule has 0 N–H and O–H groups in total. The predicted molar refractivity (Wildman–Crippen MR) is 139 cm³/mol. The van der Waals surface area contributed by atoms with Gasteiger partial charge in [0, 0.05) is 24.1 Å². The van der Waals surface area contributed by atoms with E-state index in [9.17, 15) is 18.0 Å². The second-order valence-corrected chi connectivity index (χ2v) is 11.6. The molecule has 7 rings (SSSR count). The number of rotatable bonds is 6. The van der Waals surface area contributed by atoms with Crippen molar-refractivity contribution >= 4 is 5.97 Å². The molecule has 1 spiro atoms. The Kier molecular flexibility index (Phi) is 5.59. The first kappa shape index (κ1) is 24.7. The smallest absolute Gasteiger partial charge is 0.416 e. The van der Waals surface area contributed by atoms with Crippen molar-refractivity contribution in [1.82, 2.24) is 4.98 Å². The van der Waals surface area contributed by atoms with Gasteiger partial charge in [0.05, 0.1) is 18.1 Å². The third kappa shape index (κ3) is 3.95. The van der Waals surface area contributed by atoms with E-state index in [2.05, 4.69) is 11.1 Å². The van der Waals surface area contributed by atoms with Crippen LogP contribution in [-0.2, 0) is 34.2 Å². The first-order valence-electron chi connectivity index (χ1n) is 13.9. The van der Waals surface area contributed by atoms with Crippen molar-refractivity contribution in [2.45, 2.75) is 69.1 Å². The van der Waals surface area contributed by atoms with Crippen LogP contribution >= 0.6 is 0 Å². The first-order chi connectivity index (χ1) is 18.8. The number of esters is 1. The van der Waals surface area contributed by atoms with Crippen LogP contribution in [0.25, 0.3) is 0 Å². The zero-order chi connectivity index (χ0) is 26.9. The molecule has 0 radical (unpaired) electrons. The summed E-state index contributed by atoms with van der Waals surface area (Å²) in [6, 6.07) is 14.2. The second kappa shape index (κ2) is 8.83. The maximum absolute atomic E-state index is 13.9. The van der Waals surface area contributed by atoms with Gasteiger partial charge in [0.1, 0.15) is 6.61 Å². The highest BCUT2D eigenvalue weighted by Gasteiger charge is 2.60. The summed E-state index contributed by atoms with van der Waals surface area (Å²) >= 11 is 0. The molecule has 2 saturated carbocycles. The number of aromatic nitrogens is 1. The SMILES string of the molecule is CCOC(=O)[C@H]1[C@@H]2Cc3cc(OCc4ccc5c(c4)C(c4ccccc4C(F)(F)F)CC54CCC4)ncc3[C@@H]21. The van der Waals surface area contributed by atoms with Crippen LogP contribution in [0.15, 0.2) is 54.7 Å². The van der Waals surface area contributed by atoms with E-state index in [1.807, 2.05) is 31.3 Å². The molecule has 4 aliphatic carbocycles. The van der Waals surface area contributed by atoms with E-state index in [0.717, 1.165) is 48.8 Å². The quantitative estimate of drug-likeness (QED) is 0.318.